The smallest absolute Gasteiger partial charge is 0.271 e. The van der Waals surface area contributed by atoms with Gasteiger partial charge in [0.25, 0.3) is 5.91 Å². The first kappa shape index (κ1) is 15.3. The quantitative estimate of drug-likeness (QED) is 0.760. The van der Waals surface area contributed by atoms with Gasteiger partial charge in [-0.05, 0) is 31.9 Å². The van der Waals surface area contributed by atoms with Gasteiger partial charge in [0.2, 0.25) is 0 Å². The number of furan rings is 1. The van der Waals surface area contributed by atoms with E-state index < -0.39 is 0 Å². The zero-order valence-corrected chi connectivity index (χ0v) is 12.7. The maximum Gasteiger partial charge on any atom is 0.271 e. The second-order valence-electron chi connectivity index (χ2n) is 5.33. The molecule has 0 radical (unpaired) electrons. The van der Waals surface area contributed by atoms with Crippen LogP contribution in [0.15, 0.2) is 22.6 Å². The molecule has 4 N–H and O–H groups in total. The number of carbonyl (C=O) groups is 1. The molecule has 0 unspecified atom stereocenters. The first-order valence-corrected chi connectivity index (χ1v) is 7.16. The molecule has 0 aromatic carbocycles. The molecule has 0 fully saturated rings. The number of nitrogens with zero attached hydrogens (tertiary/aromatic N) is 1. The monoisotopic (exact) mass is 290 g/mol. The highest BCUT2D eigenvalue weighted by Crippen LogP contribution is 2.20. The highest BCUT2D eigenvalue weighted by atomic mass is 16.3. The maximum absolute atomic E-state index is 12.1. The summed E-state index contributed by atoms with van der Waals surface area (Å²) in [5.74, 6) is 1.23. The van der Waals surface area contributed by atoms with Gasteiger partial charge in [0.15, 0.2) is 11.5 Å². The number of aromatic nitrogens is 2. The van der Waals surface area contributed by atoms with Crippen LogP contribution in [0.1, 0.15) is 42.9 Å². The number of hydrogen-bond acceptors (Lipinski definition) is 4. The molecule has 6 heteroatoms. The van der Waals surface area contributed by atoms with Crippen molar-refractivity contribution >= 4 is 5.91 Å². The molecule has 114 valence electrons. The average Bonchev–Trinajstić information content (AvgIpc) is 3.13. The number of amides is 1. The van der Waals surface area contributed by atoms with Crippen LogP contribution in [0.3, 0.4) is 0 Å². The van der Waals surface area contributed by atoms with Crippen LogP contribution >= 0.6 is 0 Å². The van der Waals surface area contributed by atoms with E-state index in [0.29, 0.717) is 23.7 Å². The number of carbonyl (C=O) groups excluding carboxylic acids is 1. The van der Waals surface area contributed by atoms with Crippen molar-refractivity contribution in [2.24, 2.45) is 5.73 Å². The fraction of sp³-hybridized carbons (Fsp3) is 0.467. The number of nitrogens with one attached hydrogen (secondary N) is 2. The molecule has 0 aliphatic carbocycles. The van der Waals surface area contributed by atoms with Gasteiger partial charge in [-0.1, -0.05) is 13.8 Å². The van der Waals surface area contributed by atoms with E-state index in [1.807, 2.05) is 32.9 Å². The SMILES string of the molecule is CCC(N)(CC)CNC(=O)c1cc(-c2ccc(C)o2)[nH]n1. The van der Waals surface area contributed by atoms with Gasteiger partial charge in [0, 0.05) is 18.2 Å². The van der Waals surface area contributed by atoms with Gasteiger partial charge in [-0.15, -0.1) is 0 Å². The molecule has 0 atom stereocenters. The largest absolute Gasteiger partial charge is 0.460 e. The Bertz CT molecular complexity index is 611. The standard InChI is InChI=1S/C15H22N4O2/c1-4-15(16,5-2)9-17-14(20)12-8-11(18-19-12)13-7-6-10(3)21-13/h6-8H,4-5,9,16H2,1-3H3,(H,17,20)(H,18,19). The maximum atomic E-state index is 12.1. The first-order valence-electron chi connectivity index (χ1n) is 7.16. The van der Waals surface area contributed by atoms with E-state index in [1.54, 1.807) is 6.07 Å². The van der Waals surface area contributed by atoms with Crippen LogP contribution in [-0.4, -0.2) is 28.2 Å². The highest BCUT2D eigenvalue weighted by molar-refractivity contribution is 5.93. The number of hydrogen-bond donors (Lipinski definition) is 3. The third-order valence-electron chi connectivity index (χ3n) is 3.83. The molecule has 0 spiro atoms. The molecule has 21 heavy (non-hydrogen) atoms. The van der Waals surface area contributed by atoms with E-state index in [4.69, 9.17) is 10.2 Å². The first-order chi connectivity index (χ1) is 9.97. The summed E-state index contributed by atoms with van der Waals surface area (Å²) in [5.41, 5.74) is 6.80. The summed E-state index contributed by atoms with van der Waals surface area (Å²) in [7, 11) is 0. The van der Waals surface area contributed by atoms with Crippen LogP contribution in [-0.2, 0) is 0 Å². The predicted molar refractivity (Wildman–Crippen MR) is 80.9 cm³/mol. The normalized spacial score (nSPS) is 11.6. The molecule has 6 nitrogen and oxygen atoms in total. The third-order valence-corrected chi connectivity index (χ3v) is 3.83. The minimum atomic E-state index is -0.368. The Morgan fingerprint density at radius 1 is 1.43 bits per heavy atom. The van der Waals surface area contributed by atoms with Gasteiger partial charge in [0.05, 0.1) is 0 Å². The lowest BCUT2D eigenvalue weighted by molar-refractivity contribution is 0.0937. The fourth-order valence-electron chi connectivity index (χ4n) is 1.99. The lowest BCUT2D eigenvalue weighted by Gasteiger charge is -2.26. The molecule has 0 saturated heterocycles. The van der Waals surface area contributed by atoms with Crippen molar-refractivity contribution in [1.82, 2.24) is 15.5 Å². The average molecular weight is 290 g/mol. The topological polar surface area (TPSA) is 96.9 Å². The summed E-state index contributed by atoms with van der Waals surface area (Å²) in [5, 5.41) is 9.66. The van der Waals surface area contributed by atoms with Crippen LogP contribution in [0.25, 0.3) is 11.5 Å². The second-order valence-corrected chi connectivity index (χ2v) is 5.33. The van der Waals surface area contributed by atoms with Gasteiger partial charge in [0.1, 0.15) is 11.5 Å². The number of H-pyrrole nitrogens is 1. The third kappa shape index (κ3) is 3.52. The number of rotatable bonds is 6. The van der Waals surface area contributed by atoms with Gasteiger partial charge in [-0.2, -0.15) is 5.10 Å². The molecule has 0 bridgehead atoms. The summed E-state index contributed by atoms with van der Waals surface area (Å²) in [6, 6.07) is 5.37. The van der Waals surface area contributed by atoms with Crippen molar-refractivity contribution in [3.8, 4) is 11.5 Å². The van der Waals surface area contributed by atoms with Gasteiger partial charge >= 0.3 is 0 Å². The Hall–Kier alpha value is -2.08. The van der Waals surface area contributed by atoms with Crippen molar-refractivity contribution in [2.45, 2.75) is 39.2 Å². The van der Waals surface area contributed by atoms with E-state index in [9.17, 15) is 4.79 Å². The van der Waals surface area contributed by atoms with E-state index >= 15 is 0 Å². The molecular formula is C15H22N4O2. The van der Waals surface area contributed by atoms with E-state index in [0.717, 1.165) is 18.6 Å². The van der Waals surface area contributed by atoms with Crippen LogP contribution in [0.5, 0.6) is 0 Å². The highest BCUT2D eigenvalue weighted by Gasteiger charge is 2.22. The Labute approximate surface area is 124 Å². The summed E-state index contributed by atoms with van der Waals surface area (Å²) in [4.78, 5) is 12.1. The second kappa shape index (κ2) is 6.13. The van der Waals surface area contributed by atoms with Gasteiger partial charge in [-0.3, -0.25) is 9.89 Å². The Balaban J connectivity index is 2.02. The Morgan fingerprint density at radius 3 is 2.71 bits per heavy atom. The minimum absolute atomic E-state index is 0.238. The lowest BCUT2D eigenvalue weighted by atomic mass is 9.94. The summed E-state index contributed by atoms with van der Waals surface area (Å²) in [6.07, 6.45) is 1.61. The molecule has 0 aliphatic heterocycles. The lowest BCUT2D eigenvalue weighted by Crippen LogP contribution is -2.49. The van der Waals surface area contributed by atoms with Crippen molar-refractivity contribution in [3.63, 3.8) is 0 Å². The zero-order valence-electron chi connectivity index (χ0n) is 12.7. The number of aryl methyl sites for hydroxylation is 1. The predicted octanol–water partition coefficient (Wildman–Crippen LogP) is 2.23. The summed E-state index contributed by atoms with van der Waals surface area (Å²) >= 11 is 0. The van der Waals surface area contributed by atoms with E-state index in [1.165, 1.54) is 0 Å². The molecule has 2 aromatic rings. The molecule has 0 saturated carbocycles. The minimum Gasteiger partial charge on any atom is -0.460 e. The van der Waals surface area contributed by atoms with Crippen molar-refractivity contribution in [3.05, 3.63) is 29.7 Å². The number of aromatic amines is 1. The molecule has 2 rings (SSSR count). The van der Waals surface area contributed by atoms with Gasteiger partial charge in [-0.25, -0.2) is 0 Å². The van der Waals surface area contributed by atoms with Crippen LogP contribution < -0.4 is 11.1 Å². The van der Waals surface area contributed by atoms with Crippen molar-refractivity contribution < 1.29 is 9.21 Å². The molecule has 1 amide bonds. The molecule has 2 aromatic heterocycles. The van der Waals surface area contributed by atoms with E-state index in [-0.39, 0.29) is 11.4 Å². The zero-order chi connectivity index (χ0) is 15.5. The molecule has 0 aliphatic rings. The summed E-state index contributed by atoms with van der Waals surface area (Å²) in [6.45, 7) is 6.33. The Morgan fingerprint density at radius 2 is 2.14 bits per heavy atom. The molecular weight excluding hydrogens is 268 g/mol. The number of nitrogens with two attached hydrogens (primary N) is 1. The van der Waals surface area contributed by atoms with Crippen molar-refractivity contribution in [2.75, 3.05) is 6.54 Å². The van der Waals surface area contributed by atoms with Gasteiger partial charge < -0.3 is 15.5 Å². The Kier molecular flexibility index (Phi) is 4.47. The van der Waals surface area contributed by atoms with Crippen LogP contribution in [0.2, 0.25) is 0 Å². The summed E-state index contributed by atoms with van der Waals surface area (Å²) < 4.78 is 5.49. The van der Waals surface area contributed by atoms with E-state index in [2.05, 4.69) is 15.5 Å². The van der Waals surface area contributed by atoms with Crippen molar-refractivity contribution in [1.29, 1.82) is 0 Å². The van der Waals surface area contributed by atoms with Crippen LogP contribution in [0, 0.1) is 6.92 Å². The van der Waals surface area contributed by atoms with Crippen LogP contribution in [0.4, 0.5) is 0 Å². The molecule has 2 heterocycles. The fourth-order valence-corrected chi connectivity index (χ4v) is 1.99.